The number of thioether (sulfide) groups is 1. The smallest absolute Gasteiger partial charge is 0.243 e. The van der Waals surface area contributed by atoms with E-state index in [1.807, 2.05) is 0 Å². The van der Waals surface area contributed by atoms with E-state index in [4.69, 9.17) is 10.3 Å². The minimum Gasteiger partial charge on any atom is -0.338 e. The van der Waals surface area contributed by atoms with Crippen molar-refractivity contribution < 1.29 is 4.52 Å². The van der Waals surface area contributed by atoms with Gasteiger partial charge in [-0.2, -0.15) is 16.7 Å². The van der Waals surface area contributed by atoms with Crippen molar-refractivity contribution in [1.29, 1.82) is 0 Å². The highest BCUT2D eigenvalue weighted by Gasteiger charge is 2.26. The second kappa shape index (κ2) is 7.29. The maximum atomic E-state index is 6.07. The molecule has 0 saturated heterocycles. The summed E-state index contributed by atoms with van der Waals surface area (Å²) in [4.78, 5) is 4.54. The third kappa shape index (κ3) is 3.96. The Labute approximate surface area is 119 Å². The van der Waals surface area contributed by atoms with Crippen LogP contribution in [0.4, 0.5) is 0 Å². The van der Waals surface area contributed by atoms with Crippen LogP contribution in [-0.4, -0.2) is 22.1 Å². The summed E-state index contributed by atoms with van der Waals surface area (Å²) >= 11 is 1.79. The third-order valence-electron chi connectivity index (χ3n) is 4.13. The first kappa shape index (κ1) is 14.9. The molecule has 1 aliphatic carbocycles. The van der Waals surface area contributed by atoms with E-state index in [1.54, 1.807) is 11.8 Å². The van der Waals surface area contributed by atoms with Crippen LogP contribution in [0.5, 0.6) is 0 Å². The van der Waals surface area contributed by atoms with Gasteiger partial charge in [-0.1, -0.05) is 31.3 Å². The Morgan fingerprint density at radius 3 is 3.05 bits per heavy atom. The second-order valence-corrected chi connectivity index (χ2v) is 6.50. The Hall–Kier alpha value is -0.550. The largest absolute Gasteiger partial charge is 0.338 e. The van der Waals surface area contributed by atoms with Gasteiger partial charge in [-0.15, -0.1) is 0 Å². The molecule has 2 unspecified atom stereocenters. The molecule has 0 spiro atoms. The van der Waals surface area contributed by atoms with Crippen molar-refractivity contribution in [1.82, 2.24) is 10.1 Å². The standard InChI is InChI=1S/C14H25N3OS/c1-3-10-5-4-6-11(9-10)13-16-14(18-17-13)12(15)7-8-19-2/h10-12H,3-9,15H2,1-2H3/t10?,11?,12-/m0/s1. The summed E-state index contributed by atoms with van der Waals surface area (Å²) in [6.07, 6.45) is 9.26. The van der Waals surface area contributed by atoms with E-state index >= 15 is 0 Å². The molecule has 0 aliphatic heterocycles. The van der Waals surface area contributed by atoms with Gasteiger partial charge in [0.1, 0.15) is 0 Å². The minimum absolute atomic E-state index is 0.112. The van der Waals surface area contributed by atoms with E-state index in [0.717, 1.165) is 23.9 Å². The van der Waals surface area contributed by atoms with E-state index in [1.165, 1.54) is 32.1 Å². The van der Waals surface area contributed by atoms with Gasteiger partial charge in [0.2, 0.25) is 5.89 Å². The highest BCUT2D eigenvalue weighted by molar-refractivity contribution is 7.98. The third-order valence-corrected chi connectivity index (χ3v) is 4.78. The maximum Gasteiger partial charge on any atom is 0.243 e. The number of rotatable bonds is 6. The molecule has 0 aromatic carbocycles. The Morgan fingerprint density at radius 2 is 2.32 bits per heavy atom. The van der Waals surface area contributed by atoms with Crippen LogP contribution in [0.2, 0.25) is 0 Å². The molecule has 3 atom stereocenters. The zero-order valence-corrected chi connectivity index (χ0v) is 12.8. The van der Waals surface area contributed by atoms with Crippen molar-refractivity contribution in [3.8, 4) is 0 Å². The molecule has 1 heterocycles. The average molecular weight is 283 g/mol. The SMILES string of the molecule is CCC1CCCC(c2noc([C@@H](N)CCSC)n2)C1. The van der Waals surface area contributed by atoms with Crippen LogP contribution < -0.4 is 5.73 Å². The molecule has 2 N–H and O–H groups in total. The molecular weight excluding hydrogens is 258 g/mol. The number of hydrogen-bond donors (Lipinski definition) is 1. The second-order valence-electron chi connectivity index (χ2n) is 5.52. The molecule has 1 aromatic rings. The van der Waals surface area contributed by atoms with Crippen molar-refractivity contribution in [2.24, 2.45) is 11.7 Å². The topological polar surface area (TPSA) is 64.9 Å². The summed E-state index contributed by atoms with van der Waals surface area (Å²) in [7, 11) is 0. The van der Waals surface area contributed by atoms with Crippen molar-refractivity contribution >= 4 is 11.8 Å². The molecule has 0 amide bonds. The van der Waals surface area contributed by atoms with E-state index in [9.17, 15) is 0 Å². The average Bonchev–Trinajstić information content (AvgIpc) is 2.94. The number of nitrogens with zero attached hydrogens (tertiary/aromatic N) is 2. The van der Waals surface area contributed by atoms with Crippen LogP contribution in [0.25, 0.3) is 0 Å². The Balaban J connectivity index is 1.96. The van der Waals surface area contributed by atoms with Gasteiger partial charge in [0.05, 0.1) is 6.04 Å². The highest BCUT2D eigenvalue weighted by Crippen LogP contribution is 2.36. The number of nitrogens with two attached hydrogens (primary N) is 1. The fourth-order valence-electron chi connectivity index (χ4n) is 2.83. The first-order valence-corrected chi connectivity index (χ1v) is 8.72. The Morgan fingerprint density at radius 1 is 1.47 bits per heavy atom. The molecule has 0 radical (unpaired) electrons. The zero-order chi connectivity index (χ0) is 13.7. The van der Waals surface area contributed by atoms with Crippen molar-refractivity contribution in [2.75, 3.05) is 12.0 Å². The fourth-order valence-corrected chi connectivity index (χ4v) is 3.32. The first-order valence-electron chi connectivity index (χ1n) is 7.32. The molecule has 4 nitrogen and oxygen atoms in total. The molecule has 0 bridgehead atoms. The van der Waals surface area contributed by atoms with Gasteiger partial charge in [0, 0.05) is 5.92 Å². The summed E-state index contributed by atoms with van der Waals surface area (Å²) in [6.45, 7) is 2.27. The van der Waals surface area contributed by atoms with E-state index in [2.05, 4.69) is 23.3 Å². The van der Waals surface area contributed by atoms with Gasteiger partial charge < -0.3 is 10.3 Å². The first-order chi connectivity index (χ1) is 9.24. The molecule has 1 aromatic heterocycles. The summed E-state index contributed by atoms with van der Waals surface area (Å²) in [5.41, 5.74) is 6.07. The number of aromatic nitrogens is 2. The van der Waals surface area contributed by atoms with Gasteiger partial charge in [0.15, 0.2) is 5.82 Å². The van der Waals surface area contributed by atoms with Crippen LogP contribution in [0.1, 0.15) is 69.1 Å². The summed E-state index contributed by atoms with van der Waals surface area (Å²) < 4.78 is 5.35. The van der Waals surface area contributed by atoms with Crippen LogP contribution in [0, 0.1) is 5.92 Å². The van der Waals surface area contributed by atoms with E-state index in [0.29, 0.717) is 11.8 Å². The Bertz CT molecular complexity index is 383. The highest BCUT2D eigenvalue weighted by atomic mass is 32.2. The van der Waals surface area contributed by atoms with Gasteiger partial charge in [-0.25, -0.2) is 0 Å². The van der Waals surface area contributed by atoms with Gasteiger partial charge in [0.25, 0.3) is 0 Å². The van der Waals surface area contributed by atoms with Crippen molar-refractivity contribution in [3.05, 3.63) is 11.7 Å². The van der Waals surface area contributed by atoms with Crippen molar-refractivity contribution in [2.45, 2.75) is 57.4 Å². The van der Waals surface area contributed by atoms with E-state index in [-0.39, 0.29) is 6.04 Å². The Kier molecular flexibility index (Phi) is 5.70. The molecule has 1 saturated carbocycles. The quantitative estimate of drug-likeness (QED) is 0.865. The lowest BCUT2D eigenvalue weighted by Gasteiger charge is -2.26. The lowest BCUT2D eigenvalue weighted by Crippen LogP contribution is -2.15. The molecule has 2 rings (SSSR count). The summed E-state index contributed by atoms with van der Waals surface area (Å²) in [6, 6.07) is -0.112. The van der Waals surface area contributed by atoms with Crippen LogP contribution in [0.15, 0.2) is 4.52 Å². The van der Waals surface area contributed by atoms with Gasteiger partial charge >= 0.3 is 0 Å². The van der Waals surface area contributed by atoms with Crippen LogP contribution in [0.3, 0.4) is 0 Å². The molecule has 19 heavy (non-hydrogen) atoms. The van der Waals surface area contributed by atoms with Gasteiger partial charge in [-0.3, -0.25) is 0 Å². The predicted octanol–water partition coefficient (Wildman–Crippen LogP) is 3.51. The summed E-state index contributed by atoms with van der Waals surface area (Å²) in [5.74, 6) is 3.82. The zero-order valence-electron chi connectivity index (χ0n) is 12.0. The van der Waals surface area contributed by atoms with Crippen molar-refractivity contribution in [3.63, 3.8) is 0 Å². The lowest BCUT2D eigenvalue weighted by atomic mass is 9.80. The molecule has 1 aliphatic rings. The number of hydrogen-bond acceptors (Lipinski definition) is 5. The normalized spacial score (nSPS) is 25.4. The summed E-state index contributed by atoms with van der Waals surface area (Å²) in [5, 5.41) is 4.16. The predicted molar refractivity (Wildman–Crippen MR) is 79.2 cm³/mol. The minimum atomic E-state index is -0.112. The lowest BCUT2D eigenvalue weighted by molar-refractivity contribution is 0.296. The molecule has 1 fully saturated rings. The monoisotopic (exact) mass is 283 g/mol. The maximum absolute atomic E-state index is 6.07. The van der Waals surface area contributed by atoms with E-state index < -0.39 is 0 Å². The molecular formula is C14H25N3OS. The fraction of sp³-hybridized carbons (Fsp3) is 0.857. The van der Waals surface area contributed by atoms with Crippen LogP contribution in [-0.2, 0) is 0 Å². The molecule has 5 heteroatoms. The van der Waals surface area contributed by atoms with Crippen LogP contribution >= 0.6 is 11.8 Å². The molecule has 108 valence electrons. The van der Waals surface area contributed by atoms with Gasteiger partial charge in [-0.05, 0) is 37.2 Å².